The Labute approximate surface area is 139 Å². The molecule has 2 aromatic rings. The third-order valence-electron chi connectivity index (χ3n) is 3.37. The van der Waals surface area contributed by atoms with Crippen LogP contribution in [0.4, 0.5) is 5.69 Å². The summed E-state index contributed by atoms with van der Waals surface area (Å²) in [6.45, 7) is 3.15. The van der Waals surface area contributed by atoms with Crippen molar-refractivity contribution in [1.82, 2.24) is 0 Å². The summed E-state index contributed by atoms with van der Waals surface area (Å²) in [7, 11) is -4.31. The molecule has 0 fully saturated rings. The molecule has 24 heavy (non-hydrogen) atoms. The Bertz CT molecular complexity index is 905. The lowest BCUT2D eigenvalue weighted by atomic mass is 10.1. The van der Waals surface area contributed by atoms with Gasteiger partial charge >= 0.3 is 10.1 Å². The lowest BCUT2D eigenvalue weighted by Gasteiger charge is -2.10. The Kier molecular flexibility index (Phi) is 4.99. The first-order valence-corrected chi connectivity index (χ1v) is 8.49. The SMILES string of the molecule is CCC(=O)c1ccccc1OS(=O)(=O)c1ccc(C)c([N+](=O)[O-])c1. The van der Waals surface area contributed by atoms with E-state index in [2.05, 4.69) is 0 Å². The summed E-state index contributed by atoms with van der Waals surface area (Å²) in [5.41, 5.74) is 0.156. The maximum Gasteiger partial charge on any atom is 0.339 e. The average molecular weight is 349 g/mol. The van der Waals surface area contributed by atoms with Gasteiger partial charge < -0.3 is 4.18 Å². The molecule has 0 saturated carbocycles. The third kappa shape index (κ3) is 3.60. The molecule has 2 aromatic carbocycles. The zero-order valence-corrected chi connectivity index (χ0v) is 13.9. The van der Waals surface area contributed by atoms with Gasteiger partial charge in [-0.25, -0.2) is 0 Å². The lowest BCUT2D eigenvalue weighted by Crippen LogP contribution is -2.13. The maximum atomic E-state index is 12.4. The van der Waals surface area contributed by atoms with E-state index >= 15 is 0 Å². The first-order valence-electron chi connectivity index (χ1n) is 7.08. The number of carbonyl (C=O) groups excluding carboxylic acids is 1. The number of aryl methyl sites for hydroxylation is 1. The average Bonchev–Trinajstić information content (AvgIpc) is 2.54. The second kappa shape index (κ2) is 6.79. The van der Waals surface area contributed by atoms with Crippen molar-refractivity contribution in [2.24, 2.45) is 0 Å². The number of Topliss-reactive ketones (excluding diaryl/α,β-unsaturated/α-hetero) is 1. The molecule has 0 N–H and O–H groups in total. The molecule has 0 saturated heterocycles. The maximum absolute atomic E-state index is 12.4. The van der Waals surface area contributed by atoms with Crippen LogP contribution in [0.3, 0.4) is 0 Å². The molecular formula is C16H15NO6S. The van der Waals surface area contributed by atoms with Crippen molar-refractivity contribution in [1.29, 1.82) is 0 Å². The quantitative estimate of drug-likeness (QED) is 0.343. The molecule has 0 unspecified atom stereocenters. The minimum absolute atomic E-state index is 0.104. The Morgan fingerprint density at radius 3 is 2.50 bits per heavy atom. The Hall–Kier alpha value is -2.74. The highest BCUT2D eigenvalue weighted by Crippen LogP contribution is 2.27. The molecule has 0 atom stereocenters. The fourth-order valence-corrected chi connectivity index (χ4v) is 3.04. The predicted octanol–water partition coefficient (Wildman–Crippen LogP) is 3.26. The molecule has 7 nitrogen and oxygen atoms in total. The smallest absolute Gasteiger partial charge is 0.339 e. The highest BCUT2D eigenvalue weighted by Gasteiger charge is 2.23. The molecule has 0 spiro atoms. The van der Waals surface area contributed by atoms with Crippen molar-refractivity contribution >= 4 is 21.6 Å². The molecular weight excluding hydrogens is 334 g/mol. The van der Waals surface area contributed by atoms with Crippen LogP contribution in [-0.2, 0) is 10.1 Å². The van der Waals surface area contributed by atoms with Crippen LogP contribution in [0.1, 0.15) is 29.3 Å². The van der Waals surface area contributed by atoms with Crippen LogP contribution in [0.5, 0.6) is 5.75 Å². The fraction of sp³-hybridized carbons (Fsp3) is 0.188. The largest absolute Gasteiger partial charge is 0.378 e. The van der Waals surface area contributed by atoms with Crippen LogP contribution in [-0.4, -0.2) is 19.1 Å². The monoisotopic (exact) mass is 349 g/mol. The first kappa shape index (κ1) is 17.6. The number of benzene rings is 2. The zero-order chi connectivity index (χ0) is 17.9. The van der Waals surface area contributed by atoms with E-state index in [1.807, 2.05) is 0 Å². The van der Waals surface area contributed by atoms with Gasteiger partial charge in [0.1, 0.15) is 4.90 Å². The molecule has 2 rings (SSSR count). The van der Waals surface area contributed by atoms with E-state index in [1.54, 1.807) is 13.0 Å². The molecule has 8 heteroatoms. The van der Waals surface area contributed by atoms with Gasteiger partial charge in [-0.15, -0.1) is 0 Å². The lowest BCUT2D eigenvalue weighted by molar-refractivity contribution is -0.385. The number of nitrogens with zero attached hydrogens (tertiary/aromatic N) is 1. The summed E-state index contributed by atoms with van der Waals surface area (Å²) >= 11 is 0. The van der Waals surface area contributed by atoms with E-state index in [9.17, 15) is 23.3 Å². The van der Waals surface area contributed by atoms with Crippen LogP contribution in [0.25, 0.3) is 0 Å². The highest BCUT2D eigenvalue weighted by atomic mass is 32.2. The van der Waals surface area contributed by atoms with Crippen molar-refractivity contribution in [2.75, 3.05) is 0 Å². The first-order chi connectivity index (χ1) is 11.3. The molecule has 0 aliphatic rings. The number of nitro benzene ring substituents is 1. The van der Waals surface area contributed by atoms with Crippen molar-refractivity contribution in [3.8, 4) is 5.75 Å². The fourth-order valence-electron chi connectivity index (χ4n) is 2.07. The van der Waals surface area contributed by atoms with Gasteiger partial charge in [0.2, 0.25) is 0 Å². The molecule has 126 valence electrons. The summed E-state index contributed by atoms with van der Waals surface area (Å²) in [6.07, 6.45) is 0.191. The molecule has 0 aliphatic carbocycles. The van der Waals surface area contributed by atoms with Crippen LogP contribution >= 0.6 is 0 Å². The topological polar surface area (TPSA) is 104 Å². The van der Waals surface area contributed by atoms with E-state index in [0.717, 1.165) is 6.07 Å². The second-order valence-electron chi connectivity index (χ2n) is 5.02. The third-order valence-corrected chi connectivity index (χ3v) is 4.60. The molecule has 0 amide bonds. The Morgan fingerprint density at radius 2 is 1.88 bits per heavy atom. The summed E-state index contributed by atoms with van der Waals surface area (Å²) in [5.74, 6) is -0.372. The minimum atomic E-state index is -4.31. The standard InChI is InChI=1S/C16H15NO6S/c1-3-15(18)13-6-4-5-7-16(13)23-24(21,22)12-9-8-11(2)14(10-12)17(19)20/h4-10H,3H2,1-2H3. The Balaban J connectivity index is 2.45. The van der Waals surface area contributed by atoms with Gasteiger partial charge in [-0.2, -0.15) is 8.42 Å². The van der Waals surface area contributed by atoms with Crippen LogP contribution in [0, 0.1) is 17.0 Å². The number of para-hydroxylation sites is 1. The predicted molar refractivity (Wildman–Crippen MR) is 86.7 cm³/mol. The second-order valence-corrected chi connectivity index (χ2v) is 6.56. The number of carbonyl (C=O) groups is 1. The normalized spacial score (nSPS) is 11.1. The van der Waals surface area contributed by atoms with Gasteiger partial charge in [-0.1, -0.05) is 25.1 Å². The van der Waals surface area contributed by atoms with Crippen molar-refractivity contribution in [3.63, 3.8) is 0 Å². The summed E-state index contributed by atoms with van der Waals surface area (Å²) in [5, 5.41) is 11.0. The van der Waals surface area contributed by atoms with Crippen molar-refractivity contribution in [3.05, 3.63) is 63.7 Å². The van der Waals surface area contributed by atoms with Gasteiger partial charge in [0.15, 0.2) is 11.5 Å². The highest BCUT2D eigenvalue weighted by molar-refractivity contribution is 7.87. The molecule has 0 aliphatic heterocycles. The van der Waals surface area contributed by atoms with E-state index in [0.29, 0.717) is 5.56 Å². The Morgan fingerprint density at radius 1 is 1.21 bits per heavy atom. The van der Waals surface area contributed by atoms with E-state index in [-0.39, 0.29) is 34.1 Å². The summed E-state index contributed by atoms with van der Waals surface area (Å²) < 4.78 is 29.8. The van der Waals surface area contributed by atoms with E-state index in [4.69, 9.17) is 4.18 Å². The van der Waals surface area contributed by atoms with Crippen LogP contribution < -0.4 is 4.18 Å². The van der Waals surface area contributed by atoms with Gasteiger partial charge in [-0.05, 0) is 25.1 Å². The van der Waals surface area contributed by atoms with Crippen molar-refractivity contribution in [2.45, 2.75) is 25.2 Å². The van der Waals surface area contributed by atoms with Crippen LogP contribution in [0.15, 0.2) is 47.4 Å². The molecule has 0 aromatic heterocycles. The van der Waals surface area contributed by atoms with Crippen LogP contribution in [0.2, 0.25) is 0 Å². The van der Waals surface area contributed by atoms with Gasteiger partial charge in [0.25, 0.3) is 5.69 Å². The molecule has 0 bridgehead atoms. The summed E-state index contributed by atoms with van der Waals surface area (Å²) in [6, 6.07) is 9.46. The van der Waals surface area contributed by atoms with E-state index < -0.39 is 15.0 Å². The number of hydrogen-bond donors (Lipinski definition) is 0. The number of nitro groups is 1. The van der Waals surface area contributed by atoms with Gasteiger partial charge in [-0.3, -0.25) is 14.9 Å². The minimum Gasteiger partial charge on any atom is -0.378 e. The zero-order valence-electron chi connectivity index (χ0n) is 13.1. The summed E-state index contributed by atoms with van der Waals surface area (Å²) in [4.78, 5) is 21.8. The van der Waals surface area contributed by atoms with E-state index in [1.165, 1.54) is 37.3 Å². The number of hydrogen-bond acceptors (Lipinski definition) is 6. The molecule has 0 heterocycles. The van der Waals surface area contributed by atoms with Gasteiger partial charge in [0.05, 0.1) is 10.5 Å². The number of ketones is 1. The van der Waals surface area contributed by atoms with Crippen molar-refractivity contribution < 1.29 is 22.3 Å². The number of rotatable bonds is 6. The molecule has 0 radical (unpaired) electrons. The van der Waals surface area contributed by atoms with Gasteiger partial charge in [0, 0.05) is 18.1 Å².